The molecule has 2 saturated carbocycles. The van der Waals surface area contributed by atoms with Crippen molar-refractivity contribution in [1.82, 2.24) is 0 Å². The average molecular weight is 264 g/mol. The first-order valence-corrected chi connectivity index (χ1v) is 7.84. The molecule has 2 aliphatic carbocycles. The van der Waals surface area contributed by atoms with Crippen molar-refractivity contribution in [3.05, 3.63) is 0 Å². The SMILES string of the molecule is C[C@H](CC#CCCO)C1CC[C@H]2[C@@H](O)CCC[C@]12C. The fourth-order valence-electron chi connectivity index (χ4n) is 4.64. The zero-order valence-corrected chi connectivity index (χ0v) is 12.4. The highest BCUT2D eigenvalue weighted by Gasteiger charge is 2.51. The number of hydrogen-bond donors (Lipinski definition) is 2. The molecule has 2 heteroatoms. The molecule has 2 nitrogen and oxygen atoms in total. The fourth-order valence-corrected chi connectivity index (χ4v) is 4.64. The lowest BCUT2D eigenvalue weighted by Gasteiger charge is -2.45. The van der Waals surface area contributed by atoms with Gasteiger partial charge in [-0.25, -0.2) is 0 Å². The summed E-state index contributed by atoms with van der Waals surface area (Å²) in [5, 5.41) is 19.0. The Bertz CT molecular complexity index is 354. The number of aliphatic hydroxyl groups excluding tert-OH is 2. The minimum atomic E-state index is -0.0728. The normalized spacial score (nSPS) is 39.3. The molecular formula is C17H28O2. The van der Waals surface area contributed by atoms with Gasteiger partial charge in [-0.3, -0.25) is 0 Å². The van der Waals surface area contributed by atoms with Gasteiger partial charge in [0, 0.05) is 12.8 Å². The van der Waals surface area contributed by atoms with Gasteiger partial charge in [0.15, 0.2) is 0 Å². The Morgan fingerprint density at radius 3 is 2.79 bits per heavy atom. The molecule has 1 unspecified atom stereocenters. The molecule has 0 aliphatic heterocycles. The molecule has 2 N–H and O–H groups in total. The average Bonchev–Trinajstić information content (AvgIpc) is 2.73. The molecule has 19 heavy (non-hydrogen) atoms. The van der Waals surface area contributed by atoms with E-state index in [1.165, 1.54) is 25.7 Å². The number of fused-ring (bicyclic) bond motifs is 1. The monoisotopic (exact) mass is 264 g/mol. The summed E-state index contributed by atoms with van der Waals surface area (Å²) in [6.45, 7) is 4.87. The van der Waals surface area contributed by atoms with E-state index in [-0.39, 0.29) is 12.7 Å². The van der Waals surface area contributed by atoms with Crippen LogP contribution in [-0.4, -0.2) is 22.9 Å². The zero-order valence-electron chi connectivity index (χ0n) is 12.4. The molecule has 2 aliphatic rings. The summed E-state index contributed by atoms with van der Waals surface area (Å²) >= 11 is 0. The van der Waals surface area contributed by atoms with Crippen LogP contribution in [0.2, 0.25) is 0 Å². The minimum absolute atomic E-state index is 0.0728. The molecule has 0 heterocycles. The van der Waals surface area contributed by atoms with Crippen LogP contribution in [0.25, 0.3) is 0 Å². The summed E-state index contributed by atoms with van der Waals surface area (Å²) < 4.78 is 0. The van der Waals surface area contributed by atoms with Crippen molar-refractivity contribution in [2.24, 2.45) is 23.2 Å². The number of rotatable bonds is 3. The van der Waals surface area contributed by atoms with E-state index in [1.54, 1.807) is 0 Å². The number of hydrogen-bond acceptors (Lipinski definition) is 2. The Balaban J connectivity index is 1.99. The summed E-state index contributed by atoms with van der Waals surface area (Å²) in [6.07, 6.45) is 7.34. The highest BCUT2D eigenvalue weighted by molar-refractivity contribution is 5.05. The maximum absolute atomic E-state index is 10.2. The Morgan fingerprint density at radius 1 is 1.26 bits per heavy atom. The van der Waals surface area contributed by atoms with Crippen molar-refractivity contribution in [2.45, 2.75) is 64.9 Å². The topological polar surface area (TPSA) is 40.5 Å². The molecule has 0 saturated heterocycles. The van der Waals surface area contributed by atoms with Crippen LogP contribution in [0, 0.1) is 35.0 Å². The molecule has 108 valence electrons. The van der Waals surface area contributed by atoms with Gasteiger partial charge in [-0.1, -0.05) is 20.3 Å². The van der Waals surface area contributed by atoms with Gasteiger partial charge in [0.25, 0.3) is 0 Å². The van der Waals surface area contributed by atoms with Gasteiger partial charge >= 0.3 is 0 Å². The van der Waals surface area contributed by atoms with Crippen molar-refractivity contribution < 1.29 is 10.2 Å². The molecule has 0 amide bonds. The van der Waals surface area contributed by atoms with E-state index in [1.807, 2.05) is 0 Å². The third-order valence-corrected chi connectivity index (χ3v) is 5.64. The maximum Gasteiger partial charge on any atom is 0.0573 e. The second-order valence-electron chi connectivity index (χ2n) is 6.76. The van der Waals surface area contributed by atoms with Gasteiger partial charge in [0.05, 0.1) is 12.7 Å². The molecule has 0 aromatic rings. The van der Waals surface area contributed by atoms with Gasteiger partial charge in [0.1, 0.15) is 0 Å². The first-order chi connectivity index (χ1) is 9.09. The van der Waals surface area contributed by atoms with Gasteiger partial charge in [-0.2, -0.15) is 0 Å². The van der Waals surface area contributed by atoms with E-state index in [0.29, 0.717) is 29.6 Å². The van der Waals surface area contributed by atoms with Crippen LogP contribution in [0.1, 0.15) is 58.8 Å². The molecule has 2 fully saturated rings. The Hall–Kier alpha value is -0.520. The van der Waals surface area contributed by atoms with Gasteiger partial charge in [-0.15, -0.1) is 11.8 Å². The maximum atomic E-state index is 10.2. The van der Waals surface area contributed by atoms with Crippen molar-refractivity contribution in [1.29, 1.82) is 0 Å². The second-order valence-corrected chi connectivity index (χ2v) is 6.76. The first kappa shape index (κ1) is 14.9. The third kappa shape index (κ3) is 2.98. The van der Waals surface area contributed by atoms with Crippen molar-refractivity contribution in [2.75, 3.05) is 6.61 Å². The molecule has 0 radical (unpaired) electrons. The van der Waals surface area contributed by atoms with Gasteiger partial charge in [0.2, 0.25) is 0 Å². The van der Waals surface area contributed by atoms with Crippen LogP contribution in [0.5, 0.6) is 0 Å². The summed E-state index contributed by atoms with van der Waals surface area (Å²) in [5.74, 6) is 8.07. The highest BCUT2D eigenvalue weighted by atomic mass is 16.3. The summed E-state index contributed by atoms with van der Waals surface area (Å²) in [4.78, 5) is 0. The van der Waals surface area contributed by atoms with Crippen molar-refractivity contribution in [3.63, 3.8) is 0 Å². The van der Waals surface area contributed by atoms with Crippen LogP contribution >= 0.6 is 0 Å². The Morgan fingerprint density at radius 2 is 2.05 bits per heavy atom. The predicted molar refractivity (Wildman–Crippen MR) is 77.4 cm³/mol. The molecule has 0 bridgehead atoms. The van der Waals surface area contributed by atoms with Crippen LogP contribution in [0.15, 0.2) is 0 Å². The number of aliphatic hydroxyl groups is 2. The predicted octanol–water partition coefficient (Wildman–Crippen LogP) is 2.98. The van der Waals surface area contributed by atoms with Crippen molar-refractivity contribution in [3.8, 4) is 11.8 Å². The zero-order chi connectivity index (χ0) is 13.9. The van der Waals surface area contributed by atoms with E-state index >= 15 is 0 Å². The molecule has 2 rings (SSSR count). The van der Waals surface area contributed by atoms with E-state index in [9.17, 15) is 5.11 Å². The van der Waals surface area contributed by atoms with E-state index in [0.717, 1.165) is 12.8 Å². The van der Waals surface area contributed by atoms with Gasteiger partial charge in [-0.05, 0) is 48.9 Å². The van der Waals surface area contributed by atoms with E-state index in [2.05, 4.69) is 25.7 Å². The molecule has 0 aromatic carbocycles. The van der Waals surface area contributed by atoms with E-state index < -0.39 is 0 Å². The summed E-state index contributed by atoms with van der Waals surface area (Å²) in [7, 11) is 0. The van der Waals surface area contributed by atoms with Crippen LogP contribution < -0.4 is 0 Å². The lowest BCUT2D eigenvalue weighted by Crippen LogP contribution is -2.41. The fraction of sp³-hybridized carbons (Fsp3) is 0.882. The van der Waals surface area contributed by atoms with Crippen LogP contribution in [-0.2, 0) is 0 Å². The van der Waals surface area contributed by atoms with E-state index in [4.69, 9.17) is 5.11 Å². The Kier molecular flexibility index (Phi) is 4.92. The van der Waals surface area contributed by atoms with Crippen LogP contribution in [0.3, 0.4) is 0 Å². The standard InChI is InChI=1S/C17H28O2/c1-13(7-4-3-5-12-18)14-9-10-15-16(19)8-6-11-17(14,15)2/h13-16,18-19H,5-12H2,1-2H3/t13-,14?,15+,16+,17-/m1/s1. The largest absolute Gasteiger partial charge is 0.395 e. The minimum Gasteiger partial charge on any atom is -0.395 e. The lowest BCUT2D eigenvalue weighted by molar-refractivity contribution is -0.0264. The quantitative estimate of drug-likeness (QED) is 0.769. The third-order valence-electron chi connectivity index (χ3n) is 5.64. The first-order valence-electron chi connectivity index (χ1n) is 7.84. The van der Waals surface area contributed by atoms with Crippen molar-refractivity contribution >= 4 is 0 Å². The molecular weight excluding hydrogens is 236 g/mol. The molecule has 5 atom stereocenters. The molecule has 0 aromatic heterocycles. The van der Waals surface area contributed by atoms with Crippen LogP contribution in [0.4, 0.5) is 0 Å². The second kappa shape index (κ2) is 6.29. The summed E-state index contributed by atoms with van der Waals surface area (Å²) in [6, 6.07) is 0. The summed E-state index contributed by atoms with van der Waals surface area (Å²) in [5.41, 5.74) is 0.329. The highest BCUT2D eigenvalue weighted by Crippen LogP contribution is 2.57. The Labute approximate surface area is 117 Å². The smallest absolute Gasteiger partial charge is 0.0573 e. The molecule has 0 spiro atoms. The van der Waals surface area contributed by atoms with Gasteiger partial charge < -0.3 is 10.2 Å². The lowest BCUT2D eigenvalue weighted by atomic mass is 9.61.